The molecule has 0 N–H and O–H groups in total. The van der Waals surface area contributed by atoms with Gasteiger partial charge in [-0.2, -0.15) is 9.65 Å². The lowest BCUT2D eigenvalue weighted by Gasteiger charge is -2.15. The van der Waals surface area contributed by atoms with Gasteiger partial charge in [-0.05, 0) is 18.1 Å². The van der Waals surface area contributed by atoms with Crippen LogP contribution in [-0.4, -0.2) is 9.78 Å². The molecule has 0 unspecified atom stereocenters. The molecule has 18 heavy (non-hydrogen) atoms. The van der Waals surface area contributed by atoms with Crippen LogP contribution in [0.4, 0.5) is 4.39 Å². The molecular weight excluding hydrogens is 229 g/mol. The first-order chi connectivity index (χ1) is 8.67. The van der Waals surface area contributed by atoms with Crippen molar-refractivity contribution in [2.75, 3.05) is 0 Å². The van der Waals surface area contributed by atoms with Crippen LogP contribution in [0.15, 0.2) is 30.5 Å². The van der Waals surface area contributed by atoms with Crippen LogP contribution in [0.5, 0.6) is 0 Å². The summed E-state index contributed by atoms with van der Waals surface area (Å²) in [5.74, 6) is -0.591. The summed E-state index contributed by atoms with van der Waals surface area (Å²) < 4.78 is 15.2. The highest BCUT2D eigenvalue weighted by Gasteiger charge is 2.21. The Morgan fingerprint density at radius 3 is 2.67 bits per heavy atom. The largest absolute Gasteiger partial charge is 0.273 e. The molecule has 1 aromatic carbocycles. The summed E-state index contributed by atoms with van der Waals surface area (Å²) in [5, 5.41) is 12.8. The average molecular weight is 243 g/mol. The Bertz CT molecular complexity index is 595. The Kier molecular flexibility index (Phi) is 3.42. The van der Waals surface area contributed by atoms with E-state index in [0.717, 1.165) is 12.0 Å². The molecule has 1 aromatic heterocycles. The van der Waals surface area contributed by atoms with Crippen molar-refractivity contribution in [2.45, 2.75) is 19.3 Å². The molecule has 0 saturated heterocycles. The lowest BCUT2D eigenvalue weighted by Crippen LogP contribution is -2.03. The van der Waals surface area contributed by atoms with Crippen molar-refractivity contribution in [3.05, 3.63) is 53.1 Å². The van der Waals surface area contributed by atoms with Crippen LogP contribution in [0, 0.1) is 17.3 Å². The lowest BCUT2D eigenvalue weighted by molar-refractivity contribution is 0.537. The molecule has 1 atom stereocenters. The molecular formula is C14H14FN3. The number of halogens is 1. The van der Waals surface area contributed by atoms with Crippen LogP contribution in [0.25, 0.3) is 0 Å². The molecule has 0 radical (unpaired) electrons. The standard InChI is InChI=1S/C14H14FN3/c1-3-11(13-9-18(2)17-14(13)15)12-7-5-4-6-10(12)8-16/h4-7,9,11H,3H2,1-2H3/t11-/m1/s1. The molecule has 0 saturated carbocycles. The summed E-state index contributed by atoms with van der Waals surface area (Å²) in [6, 6.07) is 9.47. The summed E-state index contributed by atoms with van der Waals surface area (Å²) in [7, 11) is 1.69. The molecule has 2 rings (SSSR count). The SMILES string of the molecule is CC[C@H](c1ccccc1C#N)c1cn(C)nc1F. The first kappa shape index (κ1) is 12.3. The molecule has 3 nitrogen and oxygen atoms in total. The maximum atomic E-state index is 13.8. The highest BCUT2D eigenvalue weighted by Crippen LogP contribution is 2.31. The molecule has 0 aliphatic carbocycles. The Balaban J connectivity index is 2.52. The predicted molar refractivity (Wildman–Crippen MR) is 66.5 cm³/mol. The normalized spacial score (nSPS) is 12.1. The van der Waals surface area contributed by atoms with Crippen molar-refractivity contribution in [1.29, 1.82) is 5.26 Å². The maximum absolute atomic E-state index is 13.8. The van der Waals surface area contributed by atoms with E-state index in [9.17, 15) is 4.39 Å². The molecule has 0 bridgehead atoms. The van der Waals surface area contributed by atoms with E-state index in [1.807, 2.05) is 25.1 Å². The van der Waals surface area contributed by atoms with E-state index in [1.54, 1.807) is 19.3 Å². The third-order valence-corrected chi connectivity index (χ3v) is 3.05. The van der Waals surface area contributed by atoms with E-state index in [4.69, 9.17) is 5.26 Å². The first-order valence-electron chi connectivity index (χ1n) is 5.85. The molecule has 0 fully saturated rings. The minimum absolute atomic E-state index is 0.130. The minimum Gasteiger partial charge on any atom is -0.273 e. The van der Waals surface area contributed by atoms with Crippen molar-refractivity contribution >= 4 is 0 Å². The van der Waals surface area contributed by atoms with E-state index in [1.165, 1.54) is 4.68 Å². The number of rotatable bonds is 3. The number of aromatic nitrogens is 2. The van der Waals surface area contributed by atoms with Crippen LogP contribution in [0.1, 0.15) is 36.0 Å². The lowest BCUT2D eigenvalue weighted by atomic mass is 9.88. The second-order valence-corrected chi connectivity index (χ2v) is 4.21. The Morgan fingerprint density at radius 2 is 2.11 bits per heavy atom. The van der Waals surface area contributed by atoms with Gasteiger partial charge in [0.25, 0.3) is 0 Å². The highest BCUT2D eigenvalue weighted by atomic mass is 19.1. The van der Waals surface area contributed by atoms with Gasteiger partial charge in [-0.15, -0.1) is 5.10 Å². The smallest absolute Gasteiger partial charge is 0.236 e. The maximum Gasteiger partial charge on any atom is 0.236 e. The zero-order valence-electron chi connectivity index (χ0n) is 10.4. The summed E-state index contributed by atoms with van der Waals surface area (Å²) in [4.78, 5) is 0. The van der Waals surface area contributed by atoms with Gasteiger partial charge in [0.05, 0.1) is 11.6 Å². The highest BCUT2D eigenvalue weighted by molar-refractivity contribution is 5.43. The first-order valence-corrected chi connectivity index (χ1v) is 5.85. The van der Waals surface area contributed by atoms with E-state index in [2.05, 4.69) is 11.2 Å². The second-order valence-electron chi connectivity index (χ2n) is 4.21. The molecule has 0 spiro atoms. The number of hydrogen-bond acceptors (Lipinski definition) is 2. The van der Waals surface area contributed by atoms with Crippen LogP contribution < -0.4 is 0 Å². The van der Waals surface area contributed by atoms with Gasteiger partial charge < -0.3 is 0 Å². The number of nitrogens with zero attached hydrogens (tertiary/aromatic N) is 3. The van der Waals surface area contributed by atoms with Gasteiger partial charge in [0.15, 0.2) is 0 Å². The molecule has 0 aliphatic rings. The van der Waals surface area contributed by atoms with Gasteiger partial charge >= 0.3 is 0 Å². The third kappa shape index (κ3) is 2.12. The molecule has 92 valence electrons. The van der Waals surface area contributed by atoms with Crippen molar-refractivity contribution < 1.29 is 4.39 Å². The van der Waals surface area contributed by atoms with E-state index in [0.29, 0.717) is 11.1 Å². The van der Waals surface area contributed by atoms with Gasteiger partial charge in [-0.3, -0.25) is 4.68 Å². The number of aryl methyl sites for hydroxylation is 1. The Hall–Kier alpha value is -2.15. The van der Waals surface area contributed by atoms with E-state index >= 15 is 0 Å². The van der Waals surface area contributed by atoms with Crippen molar-refractivity contribution in [2.24, 2.45) is 7.05 Å². The van der Waals surface area contributed by atoms with Gasteiger partial charge in [0.2, 0.25) is 5.95 Å². The fourth-order valence-electron chi connectivity index (χ4n) is 2.22. The summed E-state index contributed by atoms with van der Waals surface area (Å²) in [6.45, 7) is 1.98. The molecule has 0 amide bonds. The fraction of sp³-hybridized carbons (Fsp3) is 0.286. The third-order valence-electron chi connectivity index (χ3n) is 3.05. The average Bonchev–Trinajstić information content (AvgIpc) is 2.70. The monoisotopic (exact) mass is 243 g/mol. The number of hydrogen-bond donors (Lipinski definition) is 0. The number of benzene rings is 1. The topological polar surface area (TPSA) is 41.6 Å². The molecule has 4 heteroatoms. The Labute approximate surface area is 105 Å². The van der Waals surface area contributed by atoms with Gasteiger partial charge in [0, 0.05) is 24.7 Å². The quantitative estimate of drug-likeness (QED) is 0.831. The zero-order valence-corrected chi connectivity index (χ0v) is 10.4. The predicted octanol–water partition coefficient (Wildman–Crippen LogP) is 2.97. The van der Waals surface area contributed by atoms with Gasteiger partial charge in [0.1, 0.15) is 0 Å². The van der Waals surface area contributed by atoms with Crippen molar-refractivity contribution in [1.82, 2.24) is 9.78 Å². The fourth-order valence-corrected chi connectivity index (χ4v) is 2.22. The van der Waals surface area contributed by atoms with Crippen LogP contribution >= 0.6 is 0 Å². The molecule has 0 aliphatic heterocycles. The molecule has 1 heterocycles. The summed E-state index contributed by atoms with van der Waals surface area (Å²) in [6.07, 6.45) is 2.40. The van der Waals surface area contributed by atoms with Crippen LogP contribution in [-0.2, 0) is 7.05 Å². The van der Waals surface area contributed by atoms with Gasteiger partial charge in [-0.1, -0.05) is 25.1 Å². The van der Waals surface area contributed by atoms with Gasteiger partial charge in [-0.25, -0.2) is 0 Å². The van der Waals surface area contributed by atoms with E-state index in [-0.39, 0.29) is 5.92 Å². The van der Waals surface area contributed by atoms with Crippen LogP contribution in [0.3, 0.4) is 0 Å². The zero-order chi connectivity index (χ0) is 13.1. The summed E-state index contributed by atoms with van der Waals surface area (Å²) >= 11 is 0. The number of nitriles is 1. The van der Waals surface area contributed by atoms with Crippen LogP contribution in [0.2, 0.25) is 0 Å². The van der Waals surface area contributed by atoms with E-state index < -0.39 is 5.95 Å². The minimum atomic E-state index is -0.461. The Morgan fingerprint density at radius 1 is 1.39 bits per heavy atom. The molecule has 2 aromatic rings. The summed E-state index contributed by atoms with van der Waals surface area (Å²) in [5.41, 5.74) is 1.99. The second kappa shape index (κ2) is 5.01. The van der Waals surface area contributed by atoms with Crippen molar-refractivity contribution in [3.8, 4) is 6.07 Å². The van der Waals surface area contributed by atoms with Crippen molar-refractivity contribution in [3.63, 3.8) is 0 Å².